The SMILES string of the molecule is c1ccc(C2c3ccccc3-c3cc(-c4ccc5c(c4)c4ccccc4n5-c4cccc(-c5ccc6c(c5)Cc5ccccc5-6)c4)ccc32)cc1. The first-order valence-corrected chi connectivity index (χ1v) is 17.9. The molecule has 1 nitrogen and oxygen atoms in total. The van der Waals surface area contributed by atoms with Crippen molar-refractivity contribution in [1.82, 2.24) is 4.57 Å². The van der Waals surface area contributed by atoms with Crippen molar-refractivity contribution in [1.29, 1.82) is 0 Å². The van der Waals surface area contributed by atoms with E-state index in [2.05, 4.69) is 187 Å². The number of fused-ring (bicyclic) bond motifs is 9. The summed E-state index contributed by atoms with van der Waals surface area (Å²) in [6.45, 7) is 0. The normalized spacial score (nSPS) is 14.0. The Hall–Kier alpha value is -6.44. The molecule has 2 aliphatic rings. The first-order chi connectivity index (χ1) is 25.3. The predicted molar refractivity (Wildman–Crippen MR) is 213 cm³/mol. The minimum absolute atomic E-state index is 0.260. The molecule has 0 fully saturated rings. The lowest BCUT2D eigenvalue weighted by atomic mass is 9.89. The van der Waals surface area contributed by atoms with Crippen molar-refractivity contribution in [3.8, 4) is 50.2 Å². The number of hydrogen-bond acceptors (Lipinski definition) is 0. The third-order valence-electron chi connectivity index (χ3n) is 11.3. The van der Waals surface area contributed by atoms with Crippen LogP contribution in [0.15, 0.2) is 182 Å². The van der Waals surface area contributed by atoms with Crippen LogP contribution in [0.5, 0.6) is 0 Å². The Balaban J connectivity index is 1.01. The van der Waals surface area contributed by atoms with Gasteiger partial charge in [-0.25, -0.2) is 0 Å². The van der Waals surface area contributed by atoms with Crippen LogP contribution < -0.4 is 0 Å². The Labute approximate surface area is 297 Å². The molecule has 0 N–H and O–H groups in total. The zero-order chi connectivity index (χ0) is 33.5. The summed E-state index contributed by atoms with van der Waals surface area (Å²) < 4.78 is 2.44. The van der Waals surface area contributed by atoms with Crippen LogP contribution in [0.25, 0.3) is 72.0 Å². The molecule has 0 saturated carbocycles. The molecular formula is C50H33N. The Morgan fingerprint density at radius 3 is 1.98 bits per heavy atom. The predicted octanol–water partition coefficient (Wildman–Crippen LogP) is 12.8. The van der Waals surface area contributed by atoms with Gasteiger partial charge in [0.15, 0.2) is 0 Å². The van der Waals surface area contributed by atoms with Crippen molar-refractivity contribution in [2.75, 3.05) is 0 Å². The number of benzene rings is 8. The van der Waals surface area contributed by atoms with Crippen molar-refractivity contribution in [3.05, 3.63) is 210 Å². The van der Waals surface area contributed by atoms with Gasteiger partial charge in [-0.3, -0.25) is 0 Å². The summed E-state index contributed by atoms with van der Waals surface area (Å²) in [5, 5.41) is 2.54. The van der Waals surface area contributed by atoms with Crippen LogP contribution in [0.4, 0.5) is 0 Å². The van der Waals surface area contributed by atoms with E-state index in [9.17, 15) is 0 Å². The molecule has 11 rings (SSSR count). The minimum atomic E-state index is 0.260. The highest BCUT2D eigenvalue weighted by atomic mass is 15.0. The van der Waals surface area contributed by atoms with Crippen LogP contribution in [0.2, 0.25) is 0 Å². The van der Waals surface area contributed by atoms with Crippen molar-refractivity contribution < 1.29 is 0 Å². The van der Waals surface area contributed by atoms with Crippen molar-refractivity contribution in [2.45, 2.75) is 12.3 Å². The van der Waals surface area contributed by atoms with E-state index in [0.717, 1.165) is 6.42 Å². The number of rotatable bonds is 4. The average Bonchev–Trinajstić information content (AvgIpc) is 3.85. The van der Waals surface area contributed by atoms with Crippen LogP contribution in [0.3, 0.4) is 0 Å². The fourth-order valence-electron chi connectivity index (χ4n) is 8.97. The van der Waals surface area contributed by atoms with Gasteiger partial charge in [-0.05, 0) is 115 Å². The summed E-state index contributed by atoms with van der Waals surface area (Å²) >= 11 is 0. The van der Waals surface area contributed by atoms with E-state index in [0.29, 0.717) is 0 Å². The molecule has 0 amide bonds. The van der Waals surface area contributed by atoms with E-state index < -0.39 is 0 Å². The third kappa shape index (κ3) is 4.35. The maximum atomic E-state index is 2.44. The molecule has 1 atom stereocenters. The van der Waals surface area contributed by atoms with Gasteiger partial charge in [-0.1, -0.05) is 146 Å². The molecule has 1 unspecified atom stereocenters. The number of hydrogen-bond donors (Lipinski definition) is 0. The van der Waals surface area contributed by atoms with Crippen LogP contribution in [0, 0.1) is 0 Å². The molecule has 8 aromatic carbocycles. The van der Waals surface area contributed by atoms with Crippen molar-refractivity contribution in [2.24, 2.45) is 0 Å². The van der Waals surface area contributed by atoms with E-state index in [-0.39, 0.29) is 5.92 Å². The molecule has 0 spiro atoms. The highest BCUT2D eigenvalue weighted by Gasteiger charge is 2.30. The van der Waals surface area contributed by atoms with E-state index in [4.69, 9.17) is 0 Å². The summed E-state index contributed by atoms with van der Waals surface area (Å²) in [6, 6.07) is 67.6. The maximum absolute atomic E-state index is 2.44. The monoisotopic (exact) mass is 647 g/mol. The summed E-state index contributed by atoms with van der Waals surface area (Å²) in [5.41, 5.74) is 21.0. The van der Waals surface area contributed by atoms with Crippen LogP contribution in [0.1, 0.15) is 33.7 Å². The van der Waals surface area contributed by atoms with Gasteiger partial charge in [0.05, 0.1) is 11.0 Å². The zero-order valence-corrected chi connectivity index (χ0v) is 28.1. The Bertz CT molecular complexity index is 2840. The highest BCUT2D eigenvalue weighted by Crippen LogP contribution is 2.49. The van der Waals surface area contributed by atoms with Crippen molar-refractivity contribution >= 4 is 21.8 Å². The number of para-hydroxylation sites is 1. The van der Waals surface area contributed by atoms with E-state index in [1.165, 1.54) is 99.8 Å². The molecule has 2 aliphatic carbocycles. The van der Waals surface area contributed by atoms with Gasteiger partial charge in [0.2, 0.25) is 0 Å². The molecule has 1 heteroatoms. The van der Waals surface area contributed by atoms with Crippen LogP contribution >= 0.6 is 0 Å². The summed E-state index contributed by atoms with van der Waals surface area (Å²) in [7, 11) is 0. The zero-order valence-electron chi connectivity index (χ0n) is 28.1. The first-order valence-electron chi connectivity index (χ1n) is 17.9. The lowest BCUT2D eigenvalue weighted by Crippen LogP contribution is -1.98. The van der Waals surface area contributed by atoms with Crippen LogP contribution in [-0.2, 0) is 6.42 Å². The summed E-state index contributed by atoms with van der Waals surface area (Å²) in [4.78, 5) is 0. The Morgan fingerprint density at radius 2 is 1.04 bits per heavy atom. The second kappa shape index (κ2) is 11.0. The smallest absolute Gasteiger partial charge is 0.0541 e. The number of nitrogens with zero attached hydrogens (tertiary/aromatic N) is 1. The third-order valence-corrected chi connectivity index (χ3v) is 11.3. The highest BCUT2D eigenvalue weighted by molar-refractivity contribution is 6.10. The fourth-order valence-corrected chi connectivity index (χ4v) is 8.97. The van der Waals surface area contributed by atoms with Gasteiger partial charge in [0.1, 0.15) is 0 Å². The van der Waals surface area contributed by atoms with Gasteiger partial charge in [0, 0.05) is 22.4 Å². The first kappa shape index (κ1) is 28.4. The van der Waals surface area contributed by atoms with Gasteiger partial charge in [-0.15, -0.1) is 0 Å². The van der Waals surface area contributed by atoms with Gasteiger partial charge in [0.25, 0.3) is 0 Å². The standard InChI is InChI=1S/C50H33N/c1-2-11-32(12-3-1)50-44-19-7-6-17-42(44)46-30-35(22-25-45(46)50)36-23-26-49-47(31-36)43-18-8-9-20-48(43)51(49)39-15-10-14-33(29-39)34-21-24-41-38(27-34)28-37-13-4-5-16-40(37)41/h1-27,29-31,50H,28H2. The maximum Gasteiger partial charge on any atom is 0.0541 e. The molecule has 0 radical (unpaired) electrons. The topological polar surface area (TPSA) is 4.93 Å². The molecule has 238 valence electrons. The summed E-state index contributed by atoms with van der Waals surface area (Å²) in [5.74, 6) is 0.260. The molecule has 0 saturated heterocycles. The van der Waals surface area contributed by atoms with Crippen LogP contribution in [-0.4, -0.2) is 4.57 Å². The summed E-state index contributed by atoms with van der Waals surface area (Å²) in [6.07, 6.45) is 0.999. The van der Waals surface area contributed by atoms with E-state index in [1.54, 1.807) is 0 Å². The molecular weight excluding hydrogens is 615 g/mol. The molecule has 1 heterocycles. The second-order valence-corrected chi connectivity index (χ2v) is 14.1. The lowest BCUT2D eigenvalue weighted by molar-refractivity contribution is 1.02. The Kier molecular flexibility index (Phi) is 6.15. The number of aromatic nitrogens is 1. The van der Waals surface area contributed by atoms with Gasteiger partial charge < -0.3 is 4.57 Å². The van der Waals surface area contributed by atoms with E-state index >= 15 is 0 Å². The van der Waals surface area contributed by atoms with Gasteiger partial charge >= 0.3 is 0 Å². The molecule has 0 aliphatic heterocycles. The minimum Gasteiger partial charge on any atom is -0.309 e. The fraction of sp³-hybridized carbons (Fsp3) is 0.0400. The Morgan fingerprint density at radius 1 is 0.373 bits per heavy atom. The second-order valence-electron chi connectivity index (χ2n) is 14.1. The largest absolute Gasteiger partial charge is 0.309 e. The van der Waals surface area contributed by atoms with Crippen molar-refractivity contribution in [3.63, 3.8) is 0 Å². The molecule has 1 aromatic heterocycles. The quantitative estimate of drug-likeness (QED) is 0.179. The van der Waals surface area contributed by atoms with Gasteiger partial charge in [-0.2, -0.15) is 0 Å². The van der Waals surface area contributed by atoms with E-state index in [1.807, 2.05) is 0 Å². The molecule has 0 bridgehead atoms. The molecule has 9 aromatic rings. The lowest BCUT2D eigenvalue weighted by Gasteiger charge is -2.14. The average molecular weight is 648 g/mol. The molecule has 51 heavy (non-hydrogen) atoms.